The molecule has 0 atom stereocenters. The maximum atomic E-state index is 10.9. The van der Waals surface area contributed by atoms with E-state index >= 15 is 0 Å². The summed E-state index contributed by atoms with van der Waals surface area (Å²) in [5.41, 5.74) is 12.1. The summed E-state index contributed by atoms with van der Waals surface area (Å²) in [4.78, 5) is 14.7. The molecule has 25 heavy (non-hydrogen) atoms. The predicted molar refractivity (Wildman–Crippen MR) is 105 cm³/mol. The Morgan fingerprint density at radius 1 is 1.04 bits per heavy atom. The van der Waals surface area contributed by atoms with Crippen molar-refractivity contribution in [2.24, 2.45) is 10.7 Å². The smallest absolute Gasteiger partial charge is 0.292 e. The lowest BCUT2D eigenvalue weighted by atomic mass is 10.1. The van der Waals surface area contributed by atoms with Crippen LogP contribution in [0.1, 0.15) is 76.7 Å². The van der Waals surface area contributed by atoms with Gasteiger partial charge in [0, 0.05) is 18.2 Å². The molecule has 0 saturated heterocycles. The van der Waals surface area contributed by atoms with E-state index in [4.69, 9.17) is 11.5 Å². The molecule has 0 bridgehead atoms. The van der Waals surface area contributed by atoms with Gasteiger partial charge in [-0.3, -0.25) is 15.1 Å². The first-order chi connectivity index (χ1) is 12.1. The van der Waals surface area contributed by atoms with E-state index in [1.165, 1.54) is 63.5 Å². The molecule has 0 aliphatic rings. The van der Waals surface area contributed by atoms with Gasteiger partial charge in [-0.25, -0.2) is 0 Å². The molecule has 0 radical (unpaired) electrons. The highest BCUT2D eigenvalue weighted by molar-refractivity contribution is 5.98. The van der Waals surface area contributed by atoms with Crippen molar-refractivity contribution in [1.82, 2.24) is 0 Å². The van der Waals surface area contributed by atoms with Crippen LogP contribution in [0.3, 0.4) is 0 Å². The lowest BCUT2D eigenvalue weighted by Gasteiger charge is -2.04. The quantitative estimate of drug-likeness (QED) is 0.133. The molecule has 4 N–H and O–H groups in total. The van der Waals surface area contributed by atoms with Gasteiger partial charge in [-0.15, -0.1) is 0 Å². The second-order valence-corrected chi connectivity index (χ2v) is 6.48. The van der Waals surface area contributed by atoms with Crippen LogP contribution >= 0.6 is 0 Å². The molecule has 0 spiro atoms. The van der Waals surface area contributed by atoms with Gasteiger partial charge in [-0.2, -0.15) is 0 Å². The number of aliphatic imine (C=N–C) groups is 1. The zero-order valence-electron chi connectivity index (χ0n) is 15.4. The predicted octanol–water partition coefficient (Wildman–Crippen LogP) is 4.80. The Hall–Kier alpha value is -2.11. The van der Waals surface area contributed by atoms with E-state index in [1.54, 1.807) is 6.07 Å². The second-order valence-electron chi connectivity index (χ2n) is 6.48. The molecule has 6 nitrogen and oxygen atoms in total. The summed E-state index contributed by atoms with van der Waals surface area (Å²) in [6.45, 7) is 2.89. The van der Waals surface area contributed by atoms with Gasteiger partial charge < -0.3 is 11.5 Å². The number of anilines is 1. The van der Waals surface area contributed by atoms with E-state index in [9.17, 15) is 10.1 Å². The van der Waals surface area contributed by atoms with E-state index in [0.717, 1.165) is 12.8 Å². The maximum Gasteiger partial charge on any atom is 0.292 e. The Kier molecular flexibility index (Phi) is 10.3. The fraction of sp³-hybridized carbons (Fsp3) is 0.632. The number of benzene rings is 1. The van der Waals surface area contributed by atoms with E-state index in [1.807, 2.05) is 0 Å². The van der Waals surface area contributed by atoms with Crippen molar-refractivity contribution in [3.05, 3.63) is 33.9 Å². The average molecular weight is 348 g/mol. The van der Waals surface area contributed by atoms with Crippen LogP contribution in [0, 0.1) is 10.1 Å². The summed E-state index contributed by atoms with van der Waals surface area (Å²) in [6.07, 6.45) is 12.7. The van der Waals surface area contributed by atoms with Crippen LogP contribution in [-0.2, 0) is 0 Å². The number of nitrogen functional groups attached to an aromatic ring is 1. The summed E-state index contributed by atoms with van der Waals surface area (Å²) >= 11 is 0. The fourth-order valence-corrected chi connectivity index (χ4v) is 2.75. The van der Waals surface area contributed by atoms with Crippen molar-refractivity contribution in [3.63, 3.8) is 0 Å². The number of hydrogen-bond acceptors (Lipinski definition) is 4. The van der Waals surface area contributed by atoms with Crippen LogP contribution in [-0.4, -0.2) is 17.3 Å². The van der Waals surface area contributed by atoms with Gasteiger partial charge in [-0.05, 0) is 18.6 Å². The number of nitro groups is 1. The highest BCUT2D eigenvalue weighted by Gasteiger charge is 2.13. The highest BCUT2D eigenvalue weighted by atomic mass is 16.6. The van der Waals surface area contributed by atoms with Gasteiger partial charge in [0.25, 0.3) is 5.69 Å². The molecule has 1 aromatic carbocycles. The topological polar surface area (TPSA) is 108 Å². The molecule has 0 heterocycles. The molecule has 0 unspecified atom stereocenters. The summed E-state index contributed by atoms with van der Waals surface area (Å²) in [6, 6.07) is 4.54. The molecule has 0 aliphatic heterocycles. The molecule has 0 saturated carbocycles. The van der Waals surface area contributed by atoms with Gasteiger partial charge in [0.15, 0.2) is 0 Å². The molecule has 1 rings (SSSR count). The van der Waals surface area contributed by atoms with Crippen LogP contribution in [0.2, 0.25) is 0 Å². The standard InChI is InChI=1S/C19H32N4O2/c1-2-3-4-5-6-7-8-9-10-11-14-22-19(21)16-12-13-17(20)18(15-16)23(24)25/h12-13,15H,2-11,14,20H2,1H3,(H2,21,22). The van der Waals surface area contributed by atoms with Crippen molar-refractivity contribution in [1.29, 1.82) is 0 Å². The Balaban J connectivity index is 2.22. The van der Waals surface area contributed by atoms with Gasteiger partial charge in [0.2, 0.25) is 0 Å². The summed E-state index contributed by atoms with van der Waals surface area (Å²) in [5, 5.41) is 10.9. The zero-order valence-corrected chi connectivity index (χ0v) is 15.4. The van der Waals surface area contributed by atoms with Gasteiger partial charge in [0.05, 0.1) is 4.92 Å². The van der Waals surface area contributed by atoms with Crippen molar-refractivity contribution in [3.8, 4) is 0 Å². The normalized spacial score (nSPS) is 11.6. The first-order valence-corrected chi connectivity index (χ1v) is 9.40. The van der Waals surface area contributed by atoms with Gasteiger partial charge in [-0.1, -0.05) is 64.7 Å². The molecular formula is C19H32N4O2. The molecule has 6 heteroatoms. The van der Waals surface area contributed by atoms with Crippen LogP contribution < -0.4 is 11.5 Å². The van der Waals surface area contributed by atoms with Crippen LogP contribution in [0.15, 0.2) is 23.2 Å². The Morgan fingerprint density at radius 2 is 1.60 bits per heavy atom. The number of amidine groups is 1. The minimum absolute atomic E-state index is 0.130. The third kappa shape index (κ3) is 8.52. The Bertz CT molecular complexity index is 558. The van der Waals surface area contributed by atoms with Crippen molar-refractivity contribution in [2.45, 2.75) is 71.1 Å². The largest absolute Gasteiger partial charge is 0.393 e. The van der Waals surface area contributed by atoms with Crippen LogP contribution in [0.5, 0.6) is 0 Å². The minimum Gasteiger partial charge on any atom is -0.393 e. The summed E-state index contributed by atoms with van der Waals surface area (Å²) in [7, 11) is 0. The first kappa shape index (κ1) is 20.9. The second kappa shape index (κ2) is 12.3. The average Bonchev–Trinajstić information content (AvgIpc) is 2.59. The number of nitro benzene ring substituents is 1. The third-order valence-electron chi connectivity index (χ3n) is 4.32. The van der Waals surface area contributed by atoms with Crippen molar-refractivity contribution in [2.75, 3.05) is 12.3 Å². The minimum atomic E-state index is -0.506. The number of hydrogen-bond donors (Lipinski definition) is 2. The van der Waals surface area contributed by atoms with E-state index in [0.29, 0.717) is 17.9 Å². The molecule has 0 fully saturated rings. The maximum absolute atomic E-state index is 10.9. The number of rotatable bonds is 13. The van der Waals surface area contributed by atoms with Crippen LogP contribution in [0.25, 0.3) is 0 Å². The van der Waals surface area contributed by atoms with E-state index in [2.05, 4.69) is 11.9 Å². The molecule has 140 valence electrons. The number of nitrogens with zero attached hydrogens (tertiary/aromatic N) is 2. The van der Waals surface area contributed by atoms with E-state index < -0.39 is 4.92 Å². The summed E-state index contributed by atoms with van der Waals surface area (Å²) in [5.74, 6) is 0.332. The highest BCUT2D eigenvalue weighted by Crippen LogP contribution is 2.22. The zero-order chi connectivity index (χ0) is 18.5. The molecule has 1 aromatic rings. The number of nitrogens with two attached hydrogens (primary N) is 2. The van der Waals surface area contributed by atoms with Gasteiger partial charge >= 0.3 is 0 Å². The fourth-order valence-electron chi connectivity index (χ4n) is 2.75. The van der Waals surface area contributed by atoms with Gasteiger partial charge in [0.1, 0.15) is 11.5 Å². The first-order valence-electron chi connectivity index (χ1n) is 9.40. The van der Waals surface area contributed by atoms with E-state index in [-0.39, 0.29) is 11.4 Å². The SMILES string of the molecule is CCCCCCCCCCCCN=C(N)c1ccc(N)c([N+](=O)[O-])c1. The monoisotopic (exact) mass is 348 g/mol. The molecule has 0 aliphatic carbocycles. The molecule has 0 amide bonds. The Morgan fingerprint density at radius 3 is 2.16 bits per heavy atom. The summed E-state index contributed by atoms with van der Waals surface area (Å²) < 4.78 is 0. The number of unbranched alkanes of at least 4 members (excludes halogenated alkanes) is 9. The Labute approximate surface area is 150 Å². The lowest BCUT2D eigenvalue weighted by Crippen LogP contribution is -2.14. The van der Waals surface area contributed by atoms with Crippen LogP contribution in [0.4, 0.5) is 11.4 Å². The molecular weight excluding hydrogens is 316 g/mol. The molecule has 0 aromatic heterocycles. The lowest BCUT2D eigenvalue weighted by molar-refractivity contribution is -0.383. The van der Waals surface area contributed by atoms with Crippen molar-refractivity contribution < 1.29 is 4.92 Å². The van der Waals surface area contributed by atoms with Crippen molar-refractivity contribution >= 4 is 17.2 Å². The third-order valence-corrected chi connectivity index (χ3v) is 4.32.